The van der Waals surface area contributed by atoms with Crippen LogP contribution < -0.4 is 0 Å². The Balaban J connectivity index is -0.0000000280. The lowest BCUT2D eigenvalue weighted by atomic mass is 10.0. The summed E-state index contributed by atoms with van der Waals surface area (Å²) in [6.45, 7) is 46.1. The molecule has 0 atom stereocenters. The second-order valence-corrected chi connectivity index (χ2v) is 7.66. The molecule has 5 rings (SSSR count). The molecule has 1 saturated carbocycles. The van der Waals surface area contributed by atoms with Gasteiger partial charge in [-0.3, -0.25) is 0 Å². The first kappa shape index (κ1) is 100. The Morgan fingerprint density at radius 2 is 0.328 bits per heavy atom. The van der Waals surface area contributed by atoms with Gasteiger partial charge in [0.1, 0.15) is 0 Å². The summed E-state index contributed by atoms with van der Waals surface area (Å²) in [6.07, 6.45) is 9.00. The zero-order valence-electron chi connectivity index (χ0n) is 40.9. The van der Waals surface area contributed by atoms with Crippen molar-refractivity contribution >= 4 is 0 Å². The number of hydrogen-bond donors (Lipinski definition) is 0. The largest absolute Gasteiger partial charge is 0.0776 e. The molecule has 0 heteroatoms. The predicted octanol–water partition coefficient (Wildman–Crippen LogP) is 23.8. The van der Waals surface area contributed by atoms with E-state index in [1.165, 1.54) is 55.2 Å². The maximum atomic E-state index is 2.12. The molecule has 0 unspecified atom stereocenters. The van der Waals surface area contributed by atoms with Crippen LogP contribution >= 0.6 is 0 Å². The molecule has 0 aromatic heterocycles. The van der Waals surface area contributed by atoms with E-state index in [-0.39, 0.29) is 37.1 Å². The molecule has 0 heterocycles. The van der Waals surface area contributed by atoms with Gasteiger partial charge < -0.3 is 0 Å². The molecule has 0 N–H and O–H groups in total. The van der Waals surface area contributed by atoms with Crippen LogP contribution in [0.1, 0.15) is 234 Å². The van der Waals surface area contributed by atoms with Gasteiger partial charge in [0.15, 0.2) is 0 Å². The third kappa shape index (κ3) is 105. The summed E-state index contributed by atoms with van der Waals surface area (Å²) in [6, 6.07) is 43.0. The molecule has 0 radical (unpaired) electrons. The topological polar surface area (TPSA) is 0 Å². The second kappa shape index (κ2) is 139. The van der Waals surface area contributed by atoms with Crippen LogP contribution in [0.15, 0.2) is 127 Å². The van der Waals surface area contributed by atoms with E-state index in [1.54, 1.807) is 0 Å². The van der Waals surface area contributed by atoms with Gasteiger partial charge in [0, 0.05) is 0 Å². The Bertz CT molecular complexity index is 788. The number of rotatable bonds is 1. The molecule has 354 valence electrons. The molecule has 4 aromatic carbocycles. The van der Waals surface area contributed by atoms with E-state index in [2.05, 4.69) is 67.6 Å². The molecule has 0 bridgehead atoms. The molecule has 1 aliphatic carbocycles. The third-order valence-electron chi connectivity index (χ3n) is 4.99. The van der Waals surface area contributed by atoms with E-state index in [0.717, 1.165) is 0 Å². The first-order valence-electron chi connectivity index (χ1n) is 22.5. The van der Waals surface area contributed by atoms with Gasteiger partial charge in [-0.05, 0) is 18.1 Å². The molecule has 0 amide bonds. The molecular formula is C58H122. The fraction of sp³-hybridized carbons (Fsp3) is 0.586. The summed E-state index contributed by atoms with van der Waals surface area (Å²) >= 11 is 0. The number of aryl methyl sites for hydroxylation is 1. The number of hydrogen-bond acceptors (Lipinski definition) is 0. The minimum atomic E-state index is 0. The average Bonchev–Trinajstić information content (AvgIpc) is 3.34. The monoisotopic (exact) mass is 819 g/mol. The van der Waals surface area contributed by atoms with Gasteiger partial charge in [-0.1, -0.05) is 361 Å². The summed E-state index contributed by atoms with van der Waals surface area (Å²) in [5, 5.41) is 0. The molecule has 0 spiro atoms. The van der Waals surface area contributed by atoms with Crippen LogP contribution in [0.4, 0.5) is 0 Å². The summed E-state index contributed by atoms with van der Waals surface area (Å²) in [5.41, 5.74) is 3.87. The Labute approximate surface area is 377 Å². The second-order valence-electron chi connectivity index (χ2n) is 7.66. The Morgan fingerprint density at radius 1 is 0.207 bits per heavy atom. The maximum Gasteiger partial charge on any atom is -0.0184 e. The van der Waals surface area contributed by atoms with E-state index >= 15 is 0 Å². The highest BCUT2D eigenvalue weighted by atomic mass is 14.0. The van der Waals surface area contributed by atoms with Crippen LogP contribution in [-0.4, -0.2) is 0 Å². The average molecular weight is 820 g/mol. The smallest absolute Gasteiger partial charge is 0.0184 e. The van der Waals surface area contributed by atoms with E-state index in [1.807, 2.05) is 219 Å². The third-order valence-corrected chi connectivity index (χ3v) is 4.99. The molecule has 58 heavy (non-hydrogen) atoms. The van der Waals surface area contributed by atoms with Crippen molar-refractivity contribution < 1.29 is 0 Å². The summed E-state index contributed by atoms with van der Waals surface area (Å²) in [5.74, 6) is 0. The van der Waals surface area contributed by atoms with Crippen molar-refractivity contribution in [3.05, 3.63) is 133 Å². The highest BCUT2D eigenvalue weighted by molar-refractivity contribution is 5.62. The highest BCUT2D eigenvalue weighted by Crippen LogP contribution is 2.17. The first-order chi connectivity index (χ1) is 26.4. The molecular weight excluding hydrogens is 697 g/mol. The van der Waals surface area contributed by atoms with Crippen molar-refractivity contribution in [1.29, 1.82) is 0 Å². The molecule has 0 nitrogen and oxygen atoms in total. The van der Waals surface area contributed by atoms with E-state index in [9.17, 15) is 0 Å². The zero-order valence-corrected chi connectivity index (χ0v) is 40.9. The van der Waals surface area contributed by atoms with Gasteiger partial charge in [0.2, 0.25) is 0 Å². The van der Waals surface area contributed by atoms with Gasteiger partial charge in [0.05, 0.1) is 0 Å². The van der Waals surface area contributed by atoms with Crippen molar-refractivity contribution in [3.8, 4) is 11.1 Å². The molecule has 0 saturated heterocycles. The van der Waals surface area contributed by atoms with Crippen LogP contribution in [0, 0.1) is 6.92 Å². The summed E-state index contributed by atoms with van der Waals surface area (Å²) in [4.78, 5) is 0. The normalized spacial score (nSPS) is 7.50. The highest BCUT2D eigenvalue weighted by Gasteiger charge is 1.95. The van der Waals surface area contributed by atoms with E-state index < -0.39 is 0 Å². The lowest BCUT2D eigenvalue weighted by Crippen LogP contribution is -1.85. The van der Waals surface area contributed by atoms with Gasteiger partial charge in [-0.15, -0.1) is 0 Å². The van der Waals surface area contributed by atoms with E-state index in [4.69, 9.17) is 0 Å². The van der Waals surface area contributed by atoms with Crippen LogP contribution in [-0.2, 0) is 0 Å². The lowest BCUT2D eigenvalue weighted by molar-refractivity contribution is 0.504. The maximum absolute atomic E-state index is 2.12. The van der Waals surface area contributed by atoms with E-state index in [0.29, 0.717) is 0 Å². The van der Waals surface area contributed by atoms with Gasteiger partial charge in [-0.25, -0.2) is 0 Å². The SMILES string of the molecule is C.C.C.C.C.C1CCCCC1.CC.CC.CC.CC.CC.CC.CC.CC.CC.CC.CC.Cc1ccccc1.c1ccc(-c2ccccc2)cc1.c1ccccc1. The molecule has 1 fully saturated rings. The fourth-order valence-corrected chi connectivity index (χ4v) is 3.24. The van der Waals surface area contributed by atoms with Crippen molar-refractivity contribution in [2.45, 2.75) is 235 Å². The van der Waals surface area contributed by atoms with Crippen LogP contribution in [0.25, 0.3) is 11.1 Å². The van der Waals surface area contributed by atoms with Crippen molar-refractivity contribution in [2.75, 3.05) is 0 Å². The predicted molar refractivity (Wildman–Crippen MR) is 296 cm³/mol. The minimum absolute atomic E-state index is 0. The molecule has 1 aliphatic rings. The lowest BCUT2D eigenvalue weighted by Gasteiger charge is -2.05. The van der Waals surface area contributed by atoms with Gasteiger partial charge in [-0.2, -0.15) is 0 Å². The molecule has 0 aliphatic heterocycles. The minimum Gasteiger partial charge on any atom is -0.0776 e. The fourth-order valence-electron chi connectivity index (χ4n) is 3.24. The van der Waals surface area contributed by atoms with Crippen LogP contribution in [0.5, 0.6) is 0 Å². The van der Waals surface area contributed by atoms with Crippen molar-refractivity contribution in [3.63, 3.8) is 0 Å². The van der Waals surface area contributed by atoms with Crippen molar-refractivity contribution in [1.82, 2.24) is 0 Å². The Morgan fingerprint density at radius 3 is 0.448 bits per heavy atom. The standard InChI is InChI=1S/C12H10.C7H8.C6H12.C6H6.11C2H6.5CH4/c1-3-7-11(8-4-1)12-9-5-2-6-10-12;1-7-5-3-2-4-6-7;2*1-2-4-6-5-3-1;11*1-2;;;;;/h1-10H;2-6H,1H3;1-6H2;1-6H;11*1-2H3;5*1H4. The Hall–Kier alpha value is -3.12. The van der Waals surface area contributed by atoms with Crippen LogP contribution in [0.3, 0.4) is 0 Å². The van der Waals surface area contributed by atoms with Crippen LogP contribution in [0.2, 0.25) is 0 Å². The van der Waals surface area contributed by atoms with Gasteiger partial charge >= 0.3 is 0 Å². The Kier molecular flexibility index (Phi) is 241. The quantitative estimate of drug-likeness (QED) is 0.179. The number of benzene rings is 4. The summed E-state index contributed by atoms with van der Waals surface area (Å²) in [7, 11) is 0. The summed E-state index contributed by atoms with van der Waals surface area (Å²) < 4.78 is 0. The zero-order chi connectivity index (χ0) is 43.8. The first-order valence-corrected chi connectivity index (χ1v) is 22.5. The van der Waals surface area contributed by atoms with Gasteiger partial charge in [0.25, 0.3) is 0 Å². The molecule has 4 aromatic rings. The van der Waals surface area contributed by atoms with Crippen molar-refractivity contribution in [2.24, 2.45) is 0 Å².